The van der Waals surface area contributed by atoms with Gasteiger partial charge in [-0.2, -0.15) is 0 Å². The number of anilines is 1. The van der Waals surface area contributed by atoms with Crippen molar-refractivity contribution in [3.05, 3.63) is 65.2 Å². The van der Waals surface area contributed by atoms with Crippen LogP contribution in [0.4, 0.5) is 5.69 Å². The van der Waals surface area contributed by atoms with Gasteiger partial charge in [0.2, 0.25) is 11.8 Å². The molecule has 2 aromatic rings. The number of piperidine rings is 1. The topological polar surface area (TPSA) is 90.3 Å². The van der Waals surface area contributed by atoms with Crippen LogP contribution in [-0.2, 0) is 33.7 Å². The van der Waals surface area contributed by atoms with Gasteiger partial charge in [0.25, 0.3) is 0 Å². The van der Waals surface area contributed by atoms with E-state index in [1.165, 1.54) is 11.1 Å². The van der Waals surface area contributed by atoms with Gasteiger partial charge in [0.1, 0.15) is 0 Å². The Kier molecular flexibility index (Phi) is 8.80. The molecule has 0 unspecified atom stereocenters. The Morgan fingerprint density at radius 3 is 2.45 bits per heavy atom. The van der Waals surface area contributed by atoms with E-state index in [9.17, 15) is 19.5 Å². The van der Waals surface area contributed by atoms with Crippen molar-refractivity contribution in [1.82, 2.24) is 4.90 Å². The summed E-state index contributed by atoms with van der Waals surface area (Å²) in [4.78, 5) is 40.8. The molecule has 216 valence electrons. The second-order valence-corrected chi connectivity index (χ2v) is 16.5. The molecule has 40 heavy (non-hydrogen) atoms. The number of carbonyl (C=O) groups excluding carboxylic acids is 2. The van der Waals surface area contributed by atoms with Gasteiger partial charge >= 0.3 is 0 Å². The molecule has 3 aliphatic rings. The van der Waals surface area contributed by atoms with Gasteiger partial charge in [-0.1, -0.05) is 43.3 Å². The molecular weight excluding hydrogens is 520 g/mol. The fourth-order valence-corrected chi connectivity index (χ4v) is 9.78. The second-order valence-electron chi connectivity index (χ2n) is 12.5. The first-order valence-electron chi connectivity index (χ1n) is 14.9. The van der Waals surface area contributed by atoms with E-state index in [-0.39, 0.29) is 54.6 Å². The van der Waals surface area contributed by atoms with Crippen LogP contribution < -0.4 is 4.90 Å². The molecule has 3 heterocycles. The van der Waals surface area contributed by atoms with Crippen molar-refractivity contribution in [3.63, 3.8) is 0 Å². The molecule has 7 nitrogen and oxygen atoms in total. The Morgan fingerprint density at radius 1 is 1.05 bits per heavy atom. The SMILES string of the molecule is C[C@H]1[C@H]([Si](C)(C)O)[C@@H](CC(=O)N2Cc3ccccc3C[C@H]2CO)O[C@H]1CCc1ccc(N2CCCCC2=O)cc1. The average Bonchev–Trinajstić information content (AvgIpc) is 3.26. The molecule has 0 bridgehead atoms. The van der Waals surface area contributed by atoms with Crippen molar-refractivity contribution < 1.29 is 24.2 Å². The highest BCUT2D eigenvalue weighted by Gasteiger charge is 2.50. The molecule has 2 aromatic carbocycles. The minimum atomic E-state index is -2.62. The summed E-state index contributed by atoms with van der Waals surface area (Å²) >= 11 is 0. The van der Waals surface area contributed by atoms with Crippen molar-refractivity contribution in [2.24, 2.45) is 5.92 Å². The highest BCUT2D eigenvalue weighted by atomic mass is 28.4. The molecule has 2 saturated heterocycles. The summed E-state index contributed by atoms with van der Waals surface area (Å²) in [5.74, 6) is 0.330. The smallest absolute Gasteiger partial charge is 0.226 e. The van der Waals surface area contributed by atoms with E-state index >= 15 is 0 Å². The highest BCUT2D eigenvalue weighted by Crippen LogP contribution is 2.46. The molecule has 0 saturated carbocycles. The largest absolute Gasteiger partial charge is 0.432 e. The number of carbonyl (C=O) groups is 2. The minimum absolute atomic E-state index is 0.0162. The number of nitrogens with zero attached hydrogens (tertiary/aromatic N) is 2. The number of fused-ring (bicyclic) bond motifs is 1. The Hall–Kier alpha value is -2.52. The lowest BCUT2D eigenvalue weighted by atomic mass is 9.93. The van der Waals surface area contributed by atoms with Gasteiger partial charge in [-0.25, -0.2) is 0 Å². The summed E-state index contributed by atoms with van der Waals surface area (Å²) in [5.41, 5.74) is 4.43. The lowest BCUT2D eigenvalue weighted by molar-refractivity contribution is -0.138. The maximum absolute atomic E-state index is 13.6. The van der Waals surface area contributed by atoms with Crippen molar-refractivity contribution in [3.8, 4) is 0 Å². The zero-order valence-corrected chi connectivity index (χ0v) is 25.1. The summed E-state index contributed by atoms with van der Waals surface area (Å²) in [6.45, 7) is 7.27. The van der Waals surface area contributed by atoms with E-state index in [4.69, 9.17) is 4.74 Å². The van der Waals surface area contributed by atoms with Crippen molar-refractivity contribution in [2.45, 2.75) is 95.3 Å². The van der Waals surface area contributed by atoms with E-state index in [0.717, 1.165) is 43.5 Å². The number of amides is 2. The van der Waals surface area contributed by atoms with E-state index in [2.05, 4.69) is 31.2 Å². The second kappa shape index (κ2) is 12.1. The molecule has 8 heteroatoms. The van der Waals surface area contributed by atoms with Crippen LogP contribution >= 0.6 is 0 Å². The molecule has 3 aliphatic heterocycles. The van der Waals surface area contributed by atoms with Crippen LogP contribution in [0.5, 0.6) is 0 Å². The molecule has 0 aliphatic carbocycles. The van der Waals surface area contributed by atoms with Gasteiger partial charge in [0.15, 0.2) is 8.32 Å². The van der Waals surface area contributed by atoms with E-state index in [1.54, 1.807) is 4.90 Å². The lowest BCUT2D eigenvalue weighted by Gasteiger charge is -2.37. The van der Waals surface area contributed by atoms with Gasteiger partial charge < -0.3 is 24.4 Å². The summed E-state index contributed by atoms with van der Waals surface area (Å²) in [7, 11) is -2.62. The minimum Gasteiger partial charge on any atom is -0.432 e. The molecule has 0 aromatic heterocycles. The number of hydrogen-bond acceptors (Lipinski definition) is 5. The van der Waals surface area contributed by atoms with Crippen LogP contribution in [0.3, 0.4) is 0 Å². The van der Waals surface area contributed by atoms with Crippen LogP contribution in [0.25, 0.3) is 0 Å². The van der Waals surface area contributed by atoms with Crippen molar-refractivity contribution in [2.75, 3.05) is 18.1 Å². The van der Waals surface area contributed by atoms with Gasteiger partial charge in [-0.05, 0) is 79.9 Å². The fraction of sp³-hybridized carbons (Fsp3) is 0.562. The number of benzene rings is 2. The predicted molar refractivity (Wildman–Crippen MR) is 158 cm³/mol. The normalized spacial score (nSPS) is 27.1. The van der Waals surface area contributed by atoms with Gasteiger partial charge in [-0.3, -0.25) is 9.59 Å². The first-order chi connectivity index (χ1) is 19.2. The molecule has 2 amide bonds. The lowest BCUT2D eigenvalue weighted by Crippen LogP contribution is -2.48. The summed E-state index contributed by atoms with van der Waals surface area (Å²) in [6.07, 6.45) is 4.79. The van der Waals surface area contributed by atoms with Crippen molar-refractivity contribution in [1.29, 1.82) is 0 Å². The predicted octanol–water partition coefficient (Wildman–Crippen LogP) is 4.44. The Bertz CT molecular complexity index is 1200. The Balaban J connectivity index is 1.23. The third kappa shape index (κ3) is 6.20. The summed E-state index contributed by atoms with van der Waals surface area (Å²) in [5, 5.41) is 10.1. The standard InChI is InChI=1S/C32H44N2O5Si/c1-22-28(16-13-23-11-14-26(15-12-23)33-17-7-6-10-30(33)36)39-29(32(22)40(2,3)38)19-31(37)34-20-25-9-5-4-8-24(25)18-27(34)21-35/h4-5,8-9,11-12,14-15,22,27-29,32,35,38H,6-7,10,13,16-21H2,1-3H3/t22-,27+,28+,29-,32+/m1/s1. The Morgan fingerprint density at radius 2 is 1.77 bits per heavy atom. The number of ether oxygens (including phenoxy) is 1. The zero-order chi connectivity index (χ0) is 28.4. The monoisotopic (exact) mass is 564 g/mol. The maximum Gasteiger partial charge on any atom is 0.226 e. The third-order valence-corrected chi connectivity index (χ3v) is 11.8. The number of hydrogen-bond donors (Lipinski definition) is 2. The number of aryl methyl sites for hydroxylation is 1. The van der Waals surface area contributed by atoms with Crippen LogP contribution in [0.15, 0.2) is 48.5 Å². The number of aliphatic hydroxyl groups excluding tert-OH is 1. The van der Waals surface area contributed by atoms with Crippen LogP contribution in [0.1, 0.15) is 55.7 Å². The van der Waals surface area contributed by atoms with Crippen molar-refractivity contribution >= 4 is 25.8 Å². The third-order valence-electron chi connectivity index (χ3n) is 9.27. The van der Waals surface area contributed by atoms with Crippen LogP contribution in [0.2, 0.25) is 18.6 Å². The fourth-order valence-electron chi connectivity index (χ4n) is 7.17. The number of rotatable bonds is 8. The van der Waals surface area contributed by atoms with Gasteiger partial charge in [-0.15, -0.1) is 0 Å². The first kappa shape index (κ1) is 29.0. The highest BCUT2D eigenvalue weighted by molar-refractivity contribution is 6.71. The van der Waals surface area contributed by atoms with Gasteiger partial charge in [0, 0.05) is 30.7 Å². The Labute approximate surface area is 239 Å². The van der Waals surface area contributed by atoms with Gasteiger partial charge in [0.05, 0.1) is 31.3 Å². The molecule has 2 N–H and O–H groups in total. The first-order valence-corrected chi connectivity index (χ1v) is 17.9. The zero-order valence-electron chi connectivity index (χ0n) is 24.1. The quantitative estimate of drug-likeness (QED) is 0.463. The average molecular weight is 565 g/mol. The van der Waals surface area contributed by atoms with Crippen LogP contribution in [-0.4, -0.2) is 66.3 Å². The molecule has 0 spiro atoms. The van der Waals surface area contributed by atoms with E-state index < -0.39 is 8.32 Å². The molecule has 5 rings (SSSR count). The summed E-state index contributed by atoms with van der Waals surface area (Å²) < 4.78 is 6.58. The molecule has 2 fully saturated rings. The number of aliphatic hydroxyl groups is 1. The van der Waals surface area contributed by atoms with Crippen LogP contribution in [0, 0.1) is 5.92 Å². The van der Waals surface area contributed by atoms with E-state index in [1.807, 2.05) is 42.3 Å². The molecule has 0 radical (unpaired) electrons. The molecular formula is C32H44N2O5Si. The van der Waals surface area contributed by atoms with E-state index in [0.29, 0.717) is 19.4 Å². The maximum atomic E-state index is 13.6. The summed E-state index contributed by atoms with van der Waals surface area (Å²) in [6, 6.07) is 16.2. The molecule has 5 atom stereocenters.